The van der Waals surface area contributed by atoms with E-state index in [0.717, 1.165) is 0 Å². The van der Waals surface area contributed by atoms with Gasteiger partial charge in [0.2, 0.25) is 5.91 Å². The SMILES string of the molecule is CCN(C(=O)C[NH2+]CCNC(C)=O)[C@H]1CCS(=O)(=O)C1. The number of nitrogens with one attached hydrogen (secondary N) is 1. The molecule has 0 radical (unpaired) electrons. The maximum atomic E-state index is 12.1. The van der Waals surface area contributed by atoms with Crippen LogP contribution < -0.4 is 10.6 Å². The number of quaternary nitrogens is 1. The topological polar surface area (TPSA) is 100 Å². The molecule has 1 heterocycles. The summed E-state index contributed by atoms with van der Waals surface area (Å²) < 4.78 is 22.9. The molecule has 0 aromatic rings. The van der Waals surface area contributed by atoms with Gasteiger partial charge in [-0.05, 0) is 13.3 Å². The number of amides is 2. The predicted octanol–water partition coefficient (Wildman–Crippen LogP) is -2.28. The van der Waals surface area contributed by atoms with E-state index in [1.165, 1.54) is 6.92 Å². The van der Waals surface area contributed by atoms with Crippen LogP contribution in [0.4, 0.5) is 0 Å². The van der Waals surface area contributed by atoms with Crippen molar-refractivity contribution in [1.82, 2.24) is 10.2 Å². The Balaban J connectivity index is 2.34. The fourth-order valence-corrected chi connectivity index (χ4v) is 4.08. The highest BCUT2D eigenvalue weighted by molar-refractivity contribution is 7.91. The zero-order valence-corrected chi connectivity index (χ0v) is 12.9. The van der Waals surface area contributed by atoms with Gasteiger partial charge in [-0.2, -0.15) is 0 Å². The zero-order valence-electron chi connectivity index (χ0n) is 12.1. The number of carbonyl (C=O) groups excluding carboxylic acids is 2. The second-order valence-electron chi connectivity index (χ2n) is 5.00. The number of hydrogen-bond acceptors (Lipinski definition) is 4. The fourth-order valence-electron chi connectivity index (χ4n) is 2.35. The maximum absolute atomic E-state index is 12.1. The molecule has 7 nitrogen and oxygen atoms in total. The van der Waals surface area contributed by atoms with Gasteiger partial charge in [-0.25, -0.2) is 8.42 Å². The predicted molar refractivity (Wildman–Crippen MR) is 74.8 cm³/mol. The Bertz CT molecular complexity index is 450. The van der Waals surface area contributed by atoms with Crippen molar-refractivity contribution in [2.75, 3.05) is 37.7 Å². The molecular formula is C12H24N3O4S+. The first-order valence-electron chi connectivity index (χ1n) is 6.91. The van der Waals surface area contributed by atoms with Gasteiger partial charge in [0.25, 0.3) is 5.91 Å². The van der Waals surface area contributed by atoms with Crippen molar-refractivity contribution < 1.29 is 23.3 Å². The van der Waals surface area contributed by atoms with Crippen molar-refractivity contribution >= 4 is 21.7 Å². The lowest BCUT2D eigenvalue weighted by Gasteiger charge is -2.26. The molecule has 0 aromatic heterocycles. The second-order valence-corrected chi connectivity index (χ2v) is 7.23. The second kappa shape index (κ2) is 7.58. The van der Waals surface area contributed by atoms with E-state index in [1.807, 2.05) is 12.2 Å². The Morgan fingerprint density at radius 2 is 2.10 bits per heavy atom. The molecule has 0 saturated carbocycles. The average Bonchev–Trinajstić information content (AvgIpc) is 2.69. The number of hydrogen-bond donors (Lipinski definition) is 2. The highest BCUT2D eigenvalue weighted by Crippen LogP contribution is 2.17. The van der Waals surface area contributed by atoms with Gasteiger partial charge in [0.15, 0.2) is 16.4 Å². The van der Waals surface area contributed by atoms with Gasteiger partial charge in [0, 0.05) is 19.5 Å². The third-order valence-corrected chi connectivity index (χ3v) is 5.10. The molecule has 1 aliphatic rings. The highest BCUT2D eigenvalue weighted by Gasteiger charge is 2.34. The summed E-state index contributed by atoms with van der Waals surface area (Å²) in [4.78, 5) is 24.4. The molecule has 20 heavy (non-hydrogen) atoms. The lowest BCUT2D eigenvalue weighted by Crippen LogP contribution is -2.88. The number of rotatable bonds is 7. The summed E-state index contributed by atoms with van der Waals surface area (Å²) in [5.41, 5.74) is 0. The summed E-state index contributed by atoms with van der Waals surface area (Å²) in [6.07, 6.45) is 0.536. The van der Waals surface area contributed by atoms with Crippen molar-refractivity contribution in [3.8, 4) is 0 Å². The Morgan fingerprint density at radius 3 is 2.60 bits per heavy atom. The molecule has 1 fully saturated rings. The Hall–Kier alpha value is -1.15. The molecule has 0 spiro atoms. The van der Waals surface area contributed by atoms with Crippen molar-refractivity contribution in [2.45, 2.75) is 26.3 Å². The number of nitrogens with two attached hydrogens (primary N) is 1. The lowest BCUT2D eigenvalue weighted by molar-refractivity contribution is -0.642. The molecule has 0 aliphatic carbocycles. The monoisotopic (exact) mass is 306 g/mol. The Morgan fingerprint density at radius 1 is 1.40 bits per heavy atom. The standard InChI is InChI=1S/C12H23N3O4S/c1-3-15(11-4-7-20(18,19)9-11)12(17)8-13-5-6-14-10(2)16/h11,13H,3-9H2,1-2H3,(H,14,16)/p+1/t11-/m0/s1. The quantitative estimate of drug-likeness (QED) is 0.518. The van der Waals surface area contributed by atoms with E-state index in [4.69, 9.17) is 0 Å². The van der Waals surface area contributed by atoms with E-state index in [9.17, 15) is 18.0 Å². The van der Waals surface area contributed by atoms with Crippen molar-refractivity contribution in [3.05, 3.63) is 0 Å². The minimum Gasteiger partial charge on any atom is -0.351 e. The molecule has 1 aliphatic heterocycles. The summed E-state index contributed by atoms with van der Waals surface area (Å²) in [6.45, 7) is 5.27. The molecule has 116 valence electrons. The van der Waals surface area contributed by atoms with Crippen LogP contribution >= 0.6 is 0 Å². The average molecular weight is 306 g/mol. The fraction of sp³-hybridized carbons (Fsp3) is 0.833. The molecule has 0 unspecified atom stereocenters. The molecule has 1 saturated heterocycles. The van der Waals surface area contributed by atoms with Crippen LogP contribution in [0.2, 0.25) is 0 Å². The van der Waals surface area contributed by atoms with Gasteiger partial charge in [0.05, 0.1) is 24.6 Å². The lowest BCUT2D eigenvalue weighted by atomic mass is 10.2. The Labute approximate surface area is 120 Å². The molecule has 1 atom stereocenters. The zero-order chi connectivity index (χ0) is 15.2. The largest absolute Gasteiger partial charge is 0.351 e. The van der Waals surface area contributed by atoms with E-state index >= 15 is 0 Å². The van der Waals surface area contributed by atoms with Gasteiger partial charge in [-0.3, -0.25) is 9.59 Å². The summed E-state index contributed by atoms with van der Waals surface area (Å²) in [5.74, 6) is 0.125. The third-order valence-electron chi connectivity index (χ3n) is 3.35. The van der Waals surface area contributed by atoms with E-state index in [0.29, 0.717) is 26.1 Å². The summed E-state index contributed by atoms with van der Waals surface area (Å²) in [7, 11) is -2.97. The molecule has 8 heteroatoms. The minimum absolute atomic E-state index is 0.0441. The van der Waals surface area contributed by atoms with Crippen LogP contribution in [0, 0.1) is 0 Å². The molecule has 1 rings (SSSR count). The van der Waals surface area contributed by atoms with Crippen molar-refractivity contribution in [1.29, 1.82) is 0 Å². The van der Waals surface area contributed by atoms with E-state index < -0.39 is 9.84 Å². The smallest absolute Gasteiger partial charge is 0.277 e. The summed E-state index contributed by atoms with van der Waals surface area (Å²) in [6, 6.07) is -0.179. The van der Waals surface area contributed by atoms with E-state index in [2.05, 4.69) is 5.32 Å². The van der Waals surface area contributed by atoms with Crippen LogP contribution in [-0.2, 0) is 19.4 Å². The Kier molecular flexibility index (Phi) is 6.41. The van der Waals surface area contributed by atoms with Crippen molar-refractivity contribution in [2.24, 2.45) is 0 Å². The summed E-state index contributed by atoms with van der Waals surface area (Å²) in [5, 5.41) is 4.48. The van der Waals surface area contributed by atoms with Gasteiger partial charge in [-0.1, -0.05) is 0 Å². The van der Waals surface area contributed by atoms with Crippen LogP contribution in [-0.4, -0.2) is 68.9 Å². The molecule has 0 aromatic carbocycles. The summed E-state index contributed by atoms with van der Waals surface area (Å²) >= 11 is 0. The van der Waals surface area contributed by atoms with Gasteiger partial charge < -0.3 is 15.5 Å². The van der Waals surface area contributed by atoms with Crippen LogP contribution in [0.5, 0.6) is 0 Å². The van der Waals surface area contributed by atoms with Crippen molar-refractivity contribution in [3.63, 3.8) is 0 Å². The molecule has 0 bridgehead atoms. The number of nitrogens with zero attached hydrogens (tertiary/aromatic N) is 1. The minimum atomic E-state index is -2.97. The van der Waals surface area contributed by atoms with Crippen LogP contribution in [0.3, 0.4) is 0 Å². The maximum Gasteiger partial charge on any atom is 0.277 e. The van der Waals surface area contributed by atoms with Crippen LogP contribution in [0.15, 0.2) is 0 Å². The van der Waals surface area contributed by atoms with E-state index in [1.54, 1.807) is 4.90 Å². The highest BCUT2D eigenvalue weighted by atomic mass is 32.2. The van der Waals surface area contributed by atoms with Crippen LogP contribution in [0.1, 0.15) is 20.3 Å². The number of carbonyl (C=O) groups is 2. The first-order valence-corrected chi connectivity index (χ1v) is 8.74. The van der Waals surface area contributed by atoms with E-state index in [-0.39, 0.29) is 35.9 Å². The van der Waals surface area contributed by atoms with Crippen LogP contribution in [0.25, 0.3) is 0 Å². The van der Waals surface area contributed by atoms with Gasteiger partial charge in [-0.15, -0.1) is 0 Å². The number of sulfone groups is 1. The molecule has 3 N–H and O–H groups in total. The normalized spacial score (nSPS) is 20.6. The van der Waals surface area contributed by atoms with Gasteiger partial charge >= 0.3 is 0 Å². The number of likely N-dealkylation sites (N-methyl/N-ethyl adjacent to an activating group) is 1. The first kappa shape index (κ1) is 16.9. The first-order chi connectivity index (χ1) is 9.35. The van der Waals surface area contributed by atoms with Gasteiger partial charge in [0.1, 0.15) is 0 Å². The molecular weight excluding hydrogens is 282 g/mol. The molecule has 2 amide bonds. The third kappa shape index (κ3) is 5.46.